The number of carbonyl (C=O) groups excluding carboxylic acids is 2. The average Bonchev–Trinajstić information content (AvgIpc) is 3.10. The lowest BCUT2D eigenvalue weighted by Crippen LogP contribution is -1.99. The molecule has 154 valence electrons. The van der Waals surface area contributed by atoms with Crippen molar-refractivity contribution in [2.45, 2.75) is 13.3 Å². The van der Waals surface area contributed by atoms with Crippen molar-refractivity contribution in [1.29, 1.82) is 0 Å². The maximum Gasteiger partial charge on any atom is 0.176 e. The molecule has 4 aromatic rings. The van der Waals surface area contributed by atoms with Crippen LogP contribution in [0.2, 0.25) is 0 Å². The van der Waals surface area contributed by atoms with Gasteiger partial charge in [0.2, 0.25) is 0 Å². The minimum Gasteiger partial charge on any atom is -0.426 e. The first-order valence-corrected chi connectivity index (χ1v) is 9.69. The molecule has 1 heterocycles. The first kappa shape index (κ1) is 20.2. The summed E-state index contributed by atoms with van der Waals surface area (Å²) in [6, 6.07) is 18.1. The normalized spacial score (nSPS) is 11.3. The summed E-state index contributed by atoms with van der Waals surface area (Å²) in [5.41, 5.74) is 3.77. The van der Waals surface area contributed by atoms with E-state index in [9.17, 15) is 19.2 Å². The topological polar surface area (TPSA) is 72.2 Å². The quantitative estimate of drug-likeness (QED) is 0.270. The number of carbonyl (C=O) groups is 2. The number of aromatic nitrogens is 2. The van der Waals surface area contributed by atoms with E-state index in [0.717, 1.165) is 15.9 Å². The Hall–Kier alpha value is -4.06. The third-order valence-electron chi connectivity index (χ3n) is 4.96. The van der Waals surface area contributed by atoms with Gasteiger partial charge < -0.3 is 5.21 Å². The fourth-order valence-electron chi connectivity index (χ4n) is 3.26. The Balaban J connectivity index is 1.50. The molecule has 1 N–H and O–H groups in total. The molecule has 1 aromatic heterocycles. The lowest BCUT2D eigenvalue weighted by Gasteiger charge is -2.03. The number of hydrogen-bond donors (Lipinski definition) is 1. The maximum absolute atomic E-state index is 12.9. The summed E-state index contributed by atoms with van der Waals surface area (Å²) >= 11 is 0. The molecule has 3 aromatic carbocycles. The number of benzene rings is 3. The smallest absolute Gasteiger partial charge is 0.176 e. The molecule has 0 saturated heterocycles. The monoisotopic (exact) mass is 414 g/mol. The Labute approximate surface area is 178 Å². The number of fused-ring (bicyclic) bond motifs is 1. The van der Waals surface area contributed by atoms with Crippen LogP contribution in [0.3, 0.4) is 0 Å². The van der Waals surface area contributed by atoms with Gasteiger partial charge in [0.05, 0.1) is 5.52 Å². The average molecular weight is 414 g/mol. The number of Topliss-reactive ketones (excluding diaryl/α,β-unsaturated/α-hetero) is 1. The Kier molecular flexibility index (Phi) is 5.45. The molecule has 0 aliphatic heterocycles. The number of hydrogen-bond acceptors (Lipinski definition) is 4. The summed E-state index contributed by atoms with van der Waals surface area (Å²) in [5.74, 6) is -0.139. The Morgan fingerprint density at radius 3 is 2.42 bits per heavy atom. The van der Waals surface area contributed by atoms with Crippen LogP contribution in [0, 0.1) is 5.82 Å². The second-order valence-corrected chi connectivity index (χ2v) is 7.23. The predicted molar refractivity (Wildman–Crippen MR) is 117 cm³/mol. The number of allylic oxidation sites excluding steroid dienone is 1. The molecule has 0 fully saturated rings. The van der Waals surface area contributed by atoms with Crippen molar-refractivity contribution in [3.05, 3.63) is 95.3 Å². The second-order valence-electron chi connectivity index (χ2n) is 7.23. The van der Waals surface area contributed by atoms with Gasteiger partial charge in [-0.05, 0) is 54.5 Å². The van der Waals surface area contributed by atoms with E-state index in [2.05, 4.69) is 4.98 Å². The van der Waals surface area contributed by atoms with E-state index in [1.165, 1.54) is 25.1 Å². The summed E-state index contributed by atoms with van der Waals surface area (Å²) in [6.45, 7) is 1.47. The SMILES string of the molecule is CC(=O)c1ccc2nc(-c3ccc(CC(=O)/C=C/c4ccc(F)cc4)cc3)n(O)c2c1. The molecule has 0 atom stereocenters. The second kappa shape index (κ2) is 8.36. The van der Waals surface area contributed by atoms with Crippen molar-refractivity contribution in [3.8, 4) is 11.4 Å². The minimum absolute atomic E-state index is 0.0803. The number of ketones is 2. The summed E-state index contributed by atoms with van der Waals surface area (Å²) in [6.07, 6.45) is 3.34. The fourth-order valence-corrected chi connectivity index (χ4v) is 3.26. The van der Waals surface area contributed by atoms with E-state index >= 15 is 0 Å². The molecule has 0 radical (unpaired) electrons. The molecule has 0 saturated carbocycles. The van der Waals surface area contributed by atoms with Gasteiger partial charge in [-0.3, -0.25) is 9.59 Å². The van der Waals surface area contributed by atoms with Crippen LogP contribution < -0.4 is 0 Å². The maximum atomic E-state index is 12.9. The van der Waals surface area contributed by atoms with Crippen molar-refractivity contribution in [1.82, 2.24) is 9.71 Å². The van der Waals surface area contributed by atoms with Gasteiger partial charge in [-0.15, -0.1) is 0 Å². The third-order valence-corrected chi connectivity index (χ3v) is 4.96. The van der Waals surface area contributed by atoms with Crippen LogP contribution in [0.25, 0.3) is 28.5 Å². The van der Waals surface area contributed by atoms with Crippen molar-refractivity contribution >= 4 is 28.7 Å². The number of imidazole rings is 1. The highest BCUT2D eigenvalue weighted by Gasteiger charge is 2.14. The summed E-state index contributed by atoms with van der Waals surface area (Å²) in [5, 5.41) is 10.5. The van der Waals surface area contributed by atoms with E-state index in [4.69, 9.17) is 0 Å². The predicted octanol–water partition coefficient (Wildman–Crippen LogP) is 5.11. The molecule has 0 spiro atoms. The van der Waals surface area contributed by atoms with E-state index in [-0.39, 0.29) is 23.8 Å². The van der Waals surface area contributed by atoms with Gasteiger partial charge in [0, 0.05) is 17.5 Å². The molecule has 6 heteroatoms. The van der Waals surface area contributed by atoms with Crippen molar-refractivity contribution < 1.29 is 19.2 Å². The van der Waals surface area contributed by atoms with E-state index in [1.54, 1.807) is 60.7 Å². The molecule has 4 rings (SSSR count). The lowest BCUT2D eigenvalue weighted by atomic mass is 10.1. The zero-order valence-corrected chi connectivity index (χ0v) is 16.7. The van der Waals surface area contributed by atoms with Crippen LogP contribution in [-0.4, -0.2) is 26.5 Å². The Morgan fingerprint density at radius 2 is 1.74 bits per heavy atom. The van der Waals surface area contributed by atoms with Crippen LogP contribution in [0.4, 0.5) is 4.39 Å². The molecule has 5 nitrogen and oxygen atoms in total. The van der Waals surface area contributed by atoms with Gasteiger partial charge in [0.15, 0.2) is 17.4 Å². The zero-order chi connectivity index (χ0) is 22.0. The molecule has 0 amide bonds. The van der Waals surface area contributed by atoms with Gasteiger partial charge in [-0.25, -0.2) is 9.37 Å². The Bertz CT molecular complexity index is 1300. The van der Waals surface area contributed by atoms with Crippen molar-refractivity contribution in [2.75, 3.05) is 0 Å². The molecule has 31 heavy (non-hydrogen) atoms. The minimum atomic E-state index is -0.320. The number of rotatable bonds is 6. The highest BCUT2D eigenvalue weighted by molar-refractivity contribution is 5.98. The van der Waals surface area contributed by atoms with Gasteiger partial charge in [0.1, 0.15) is 11.3 Å². The molecule has 0 unspecified atom stereocenters. The number of nitrogens with zero attached hydrogens (tertiary/aromatic N) is 2. The van der Waals surface area contributed by atoms with E-state index in [1.807, 2.05) is 0 Å². The summed E-state index contributed by atoms with van der Waals surface area (Å²) in [4.78, 5) is 28.2. The van der Waals surface area contributed by atoms with Crippen molar-refractivity contribution in [2.24, 2.45) is 0 Å². The van der Waals surface area contributed by atoms with Crippen LogP contribution in [0.15, 0.2) is 72.8 Å². The van der Waals surface area contributed by atoms with Crippen molar-refractivity contribution in [3.63, 3.8) is 0 Å². The molecular formula is C25H19FN2O3. The first-order valence-electron chi connectivity index (χ1n) is 9.69. The van der Waals surface area contributed by atoms with Gasteiger partial charge in [-0.2, -0.15) is 4.73 Å². The van der Waals surface area contributed by atoms with Gasteiger partial charge in [0.25, 0.3) is 0 Å². The lowest BCUT2D eigenvalue weighted by molar-refractivity contribution is -0.113. The van der Waals surface area contributed by atoms with Crippen LogP contribution in [0.1, 0.15) is 28.4 Å². The Morgan fingerprint density at radius 1 is 1.03 bits per heavy atom. The van der Waals surface area contributed by atoms with Crippen LogP contribution in [0.5, 0.6) is 0 Å². The standard InChI is InChI=1S/C25H19FN2O3/c1-16(29)20-9-13-23-24(15-20)28(31)25(27-23)19-7-2-18(3-8-19)14-22(30)12-6-17-4-10-21(26)11-5-17/h2-13,15,31H,14H2,1H3/b12-6+. The highest BCUT2D eigenvalue weighted by Crippen LogP contribution is 2.25. The van der Waals surface area contributed by atoms with Gasteiger partial charge >= 0.3 is 0 Å². The van der Waals surface area contributed by atoms with Crippen LogP contribution >= 0.6 is 0 Å². The van der Waals surface area contributed by atoms with E-state index < -0.39 is 0 Å². The summed E-state index contributed by atoms with van der Waals surface area (Å²) < 4.78 is 13.9. The largest absolute Gasteiger partial charge is 0.426 e. The molecular weight excluding hydrogens is 395 g/mol. The molecule has 0 aliphatic carbocycles. The molecule has 0 aliphatic rings. The molecule has 0 bridgehead atoms. The summed E-state index contributed by atoms with van der Waals surface area (Å²) in [7, 11) is 0. The third kappa shape index (κ3) is 4.43. The van der Waals surface area contributed by atoms with E-state index in [0.29, 0.717) is 28.0 Å². The van der Waals surface area contributed by atoms with Crippen LogP contribution in [-0.2, 0) is 11.2 Å². The fraction of sp³-hybridized carbons (Fsp3) is 0.0800. The zero-order valence-electron chi connectivity index (χ0n) is 16.7. The first-order chi connectivity index (χ1) is 14.9. The highest BCUT2D eigenvalue weighted by atomic mass is 19.1. The number of halogens is 1. The van der Waals surface area contributed by atoms with Gasteiger partial charge in [-0.1, -0.05) is 42.5 Å².